The van der Waals surface area contributed by atoms with Gasteiger partial charge in [-0.05, 0) is 37.4 Å². The van der Waals surface area contributed by atoms with Crippen molar-refractivity contribution in [2.24, 2.45) is 0 Å². The van der Waals surface area contributed by atoms with Crippen molar-refractivity contribution in [2.75, 3.05) is 58.3 Å². The van der Waals surface area contributed by atoms with Gasteiger partial charge < -0.3 is 19.9 Å². The first kappa shape index (κ1) is 22.3. The van der Waals surface area contributed by atoms with E-state index in [0.29, 0.717) is 25.1 Å². The molecule has 3 aliphatic rings. The third-order valence-electron chi connectivity index (χ3n) is 7.07. The van der Waals surface area contributed by atoms with Gasteiger partial charge in [-0.3, -0.25) is 9.69 Å². The average molecular weight is 451 g/mol. The smallest absolute Gasteiger partial charge is 0.237 e. The maximum Gasteiger partial charge on any atom is 0.237 e. The van der Waals surface area contributed by atoms with E-state index in [1.54, 1.807) is 0 Å². The Morgan fingerprint density at radius 1 is 1.15 bits per heavy atom. The van der Waals surface area contributed by atoms with Crippen LogP contribution in [0.2, 0.25) is 0 Å². The van der Waals surface area contributed by atoms with Gasteiger partial charge in [-0.25, -0.2) is 9.97 Å². The maximum atomic E-state index is 13.3. The number of fused-ring (bicyclic) bond motifs is 1. The monoisotopic (exact) mass is 450 g/mol. The summed E-state index contributed by atoms with van der Waals surface area (Å²) < 4.78 is 5.44. The number of aromatic nitrogens is 2. The summed E-state index contributed by atoms with van der Waals surface area (Å²) in [7, 11) is 2.16. The first-order valence-corrected chi connectivity index (χ1v) is 12.1. The minimum atomic E-state index is 0.184. The van der Waals surface area contributed by atoms with E-state index in [2.05, 4.69) is 51.4 Å². The molecule has 33 heavy (non-hydrogen) atoms. The number of benzene rings is 1. The van der Waals surface area contributed by atoms with Gasteiger partial charge in [-0.15, -0.1) is 0 Å². The van der Waals surface area contributed by atoms with E-state index in [0.717, 1.165) is 69.9 Å². The molecule has 0 spiro atoms. The lowest BCUT2D eigenvalue weighted by Crippen LogP contribution is -2.51. The van der Waals surface area contributed by atoms with Crippen LogP contribution in [0.15, 0.2) is 36.5 Å². The maximum absolute atomic E-state index is 13.3. The largest absolute Gasteiger partial charge is 0.381 e. The third-order valence-corrected chi connectivity index (χ3v) is 7.07. The van der Waals surface area contributed by atoms with E-state index >= 15 is 0 Å². The van der Waals surface area contributed by atoms with Crippen LogP contribution in [0.4, 0.5) is 5.95 Å². The Bertz CT molecular complexity index is 949. The number of amides is 1. The Balaban J connectivity index is 1.24. The molecule has 0 saturated carbocycles. The fraction of sp³-hybridized carbons (Fsp3) is 0.560. The molecule has 2 saturated heterocycles. The van der Waals surface area contributed by atoms with Crippen LogP contribution in [0.1, 0.15) is 35.7 Å². The molecule has 1 aromatic carbocycles. The molecule has 8 heteroatoms. The second kappa shape index (κ2) is 10.2. The summed E-state index contributed by atoms with van der Waals surface area (Å²) in [4.78, 5) is 29.3. The molecule has 0 unspecified atom stereocenters. The van der Waals surface area contributed by atoms with Crippen molar-refractivity contribution >= 4 is 11.9 Å². The van der Waals surface area contributed by atoms with E-state index in [4.69, 9.17) is 9.72 Å². The van der Waals surface area contributed by atoms with Crippen LogP contribution in [0.5, 0.6) is 0 Å². The topological polar surface area (TPSA) is 73.8 Å². The van der Waals surface area contributed by atoms with Crippen LogP contribution >= 0.6 is 0 Å². The van der Waals surface area contributed by atoms with Crippen LogP contribution in [0.25, 0.3) is 0 Å². The fourth-order valence-corrected chi connectivity index (χ4v) is 5.02. The predicted molar refractivity (Wildman–Crippen MR) is 127 cm³/mol. The average Bonchev–Trinajstić information content (AvgIpc) is 2.86. The fourth-order valence-electron chi connectivity index (χ4n) is 5.02. The zero-order chi connectivity index (χ0) is 22.6. The highest BCUT2D eigenvalue weighted by molar-refractivity contribution is 5.78. The lowest BCUT2D eigenvalue weighted by molar-refractivity contribution is -0.134. The zero-order valence-corrected chi connectivity index (χ0v) is 19.4. The number of hydrogen-bond donors (Lipinski definition) is 1. The van der Waals surface area contributed by atoms with Crippen molar-refractivity contribution in [3.63, 3.8) is 0 Å². The number of carbonyl (C=O) groups is 1. The standard InChI is InChI=1S/C25H34N6O2/c1-29-11-12-30(23(17-29)19-5-3-2-4-6-19)18-24(32)31-10-7-20-15-26-25(28-22(20)16-31)27-21-8-13-33-14-9-21/h2-6,15,21,23H,7-14,16-18H2,1H3,(H,26,27,28)/t23-/m1/s1. The second-order valence-electron chi connectivity index (χ2n) is 9.42. The number of ether oxygens (including phenoxy) is 1. The van der Waals surface area contributed by atoms with Crippen molar-refractivity contribution in [1.82, 2.24) is 24.7 Å². The molecule has 1 aromatic heterocycles. The molecule has 2 fully saturated rings. The highest BCUT2D eigenvalue weighted by atomic mass is 16.5. The molecule has 5 rings (SSSR count). The summed E-state index contributed by atoms with van der Waals surface area (Å²) >= 11 is 0. The van der Waals surface area contributed by atoms with Crippen molar-refractivity contribution < 1.29 is 9.53 Å². The molecule has 1 amide bonds. The van der Waals surface area contributed by atoms with Crippen LogP contribution in [-0.2, 0) is 22.5 Å². The molecule has 2 aromatic rings. The number of carbonyl (C=O) groups excluding carboxylic acids is 1. The van der Waals surface area contributed by atoms with Crippen molar-refractivity contribution in [2.45, 2.75) is 37.9 Å². The molecule has 1 atom stereocenters. The normalized spacial score (nSPS) is 22.7. The van der Waals surface area contributed by atoms with Crippen LogP contribution in [0, 0.1) is 0 Å². The molecule has 3 aliphatic heterocycles. The quantitative estimate of drug-likeness (QED) is 0.746. The molecule has 0 bridgehead atoms. The molecule has 176 valence electrons. The summed E-state index contributed by atoms with van der Waals surface area (Å²) in [6.45, 7) is 6.11. The number of nitrogens with one attached hydrogen (secondary N) is 1. The van der Waals surface area contributed by atoms with Crippen molar-refractivity contribution in [1.29, 1.82) is 0 Å². The number of anilines is 1. The third kappa shape index (κ3) is 5.34. The van der Waals surface area contributed by atoms with Gasteiger partial charge in [0.05, 0.1) is 18.8 Å². The van der Waals surface area contributed by atoms with Gasteiger partial charge in [0.2, 0.25) is 11.9 Å². The number of likely N-dealkylation sites (N-methyl/N-ethyl adjacent to an activating group) is 1. The summed E-state index contributed by atoms with van der Waals surface area (Å²) in [6.07, 6.45) is 4.68. The van der Waals surface area contributed by atoms with Gasteiger partial charge in [0, 0.05) is 57.7 Å². The Labute approximate surface area is 195 Å². The molecule has 4 heterocycles. The van der Waals surface area contributed by atoms with E-state index in [-0.39, 0.29) is 11.9 Å². The van der Waals surface area contributed by atoms with E-state index in [1.807, 2.05) is 17.2 Å². The van der Waals surface area contributed by atoms with Gasteiger partial charge in [0.15, 0.2) is 0 Å². The molecule has 0 radical (unpaired) electrons. The molecule has 8 nitrogen and oxygen atoms in total. The first-order valence-electron chi connectivity index (χ1n) is 12.1. The van der Waals surface area contributed by atoms with Crippen LogP contribution in [-0.4, -0.2) is 89.6 Å². The van der Waals surface area contributed by atoms with Gasteiger partial charge >= 0.3 is 0 Å². The van der Waals surface area contributed by atoms with Crippen molar-refractivity contribution in [3.05, 3.63) is 53.3 Å². The highest BCUT2D eigenvalue weighted by Crippen LogP contribution is 2.26. The Hall–Kier alpha value is -2.55. The lowest BCUT2D eigenvalue weighted by atomic mass is 10.0. The summed E-state index contributed by atoms with van der Waals surface area (Å²) in [6, 6.07) is 11.1. The van der Waals surface area contributed by atoms with Crippen LogP contribution in [0.3, 0.4) is 0 Å². The Morgan fingerprint density at radius 2 is 1.97 bits per heavy atom. The zero-order valence-electron chi connectivity index (χ0n) is 19.4. The van der Waals surface area contributed by atoms with Gasteiger partial charge in [-0.2, -0.15) is 0 Å². The number of rotatable bonds is 5. The van der Waals surface area contributed by atoms with E-state index in [9.17, 15) is 4.79 Å². The van der Waals surface area contributed by atoms with E-state index < -0.39 is 0 Å². The highest BCUT2D eigenvalue weighted by Gasteiger charge is 2.30. The van der Waals surface area contributed by atoms with Crippen molar-refractivity contribution in [3.8, 4) is 0 Å². The van der Waals surface area contributed by atoms with Crippen LogP contribution < -0.4 is 5.32 Å². The predicted octanol–water partition coefficient (Wildman–Crippen LogP) is 1.94. The van der Waals surface area contributed by atoms with E-state index in [1.165, 1.54) is 5.56 Å². The molecular weight excluding hydrogens is 416 g/mol. The minimum Gasteiger partial charge on any atom is -0.381 e. The summed E-state index contributed by atoms with van der Waals surface area (Å²) in [5.74, 6) is 0.849. The SMILES string of the molecule is CN1CCN(CC(=O)N2CCc3cnc(NC4CCOCC4)nc3C2)[C@@H](c2ccccc2)C1. The number of piperazine rings is 1. The minimum absolute atomic E-state index is 0.184. The lowest BCUT2D eigenvalue weighted by Gasteiger charge is -2.41. The van der Waals surface area contributed by atoms with Gasteiger partial charge in [0.1, 0.15) is 0 Å². The first-order chi connectivity index (χ1) is 16.2. The number of nitrogens with zero attached hydrogens (tertiary/aromatic N) is 5. The van der Waals surface area contributed by atoms with Gasteiger partial charge in [0.25, 0.3) is 0 Å². The Kier molecular flexibility index (Phi) is 6.85. The summed E-state index contributed by atoms with van der Waals surface area (Å²) in [5, 5.41) is 3.45. The molecule has 1 N–H and O–H groups in total. The van der Waals surface area contributed by atoms with Gasteiger partial charge in [-0.1, -0.05) is 30.3 Å². The molecular formula is C25H34N6O2. The summed E-state index contributed by atoms with van der Waals surface area (Å²) in [5.41, 5.74) is 3.40. The Morgan fingerprint density at radius 3 is 2.79 bits per heavy atom. The second-order valence-corrected chi connectivity index (χ2v) is 9.42. The number of hydrogen-bond acceptors (Lipinski definition) is 7. The molecule has 0 aliphatic carbocycles.